The molecule has 0 atom stereocenters. The molecule has 0 aromatic heterocycles. The molecule has 100 valence electrons. The molecule has 0 saturated carbocycles. The Bertz CT molecular complexity index is 410. The molecule has 0 aliphatic rings. The van der Waals surface area contributed by atoms with Crippen molar-refractivity contribution in [1.29, 1.82) is 0 Å². The molecule has 1 amide bonds. The highest BCUT2D eigenvalue weighted by Gasteiger charge is 2.18. The van der Waals surface area contributed by atoms with Crippen LogP contribution < -0.4 is 16.8 Å². The summed E-state index contributed by atoms with van der Waals surface area (Å²) < 4.78 is 0. The van der Waals surface area contributed by atoms with E-state index in [0.717, 1.165) is 0 Å². The van der Waals surface area contributed by atoms with Crippen LogP contribution in [-0.2, 0) is 0 Å². The number of amides is 1. The van der Waals surface area contributed by atoms with E-state index >= 15 is 0 Å². The summed E-state index contributed by atoms with van der Waals surface area (Å²) in [4.78, 5) is 11.9. The molecule has 1 aromatic carbocycles. The van der Waals surface area contributed by atoms with Gasteiger partial charge in [0, 0.05) is 30.1 Å². The van der Waals surface area contributed by atoms with Gasteiger partial charge in [0.1, 0.15) is 0 Å². The molecule has 0 unspecified atom stereocenters. The summed E-state index contributed by atoms with van der Waals surface area (Å²) >= 11 is 0. The van der Waals surface area contributed by atoms with Crippen molar-refractivity contribution in [3.63, 3.8) is 0 Å². The quantitative estimate of drug-likeness (QED) is 0.586. The molecule has 0 bridgehead atoms. The second-order valence-corrected chi connectivity index (χ2v) is 5.21. The summed E-state index contributed by atoms with van der Waals surface area (Å²) in [6, 6.07) is 4.78. The lowest BCUT2D eigenvalue weighted by molar-refractivity contribution is 0.0928. The van der Waals surface area contributed by atoms with Crippen LogP contribution in [-0.4, -0.2) is 24.2 Å². The molecular formula is C13H21N3O2. The van der Waals surface area contributed by atoms with Crippen LogP contribution in [0.15, 0.2) is 18.2 Å². The maximum absolute atomic E-state index is 11.9. The smallest absolute Gasteiger partial charge is 0.251 e. The van der Waals surface area contributed by atoms with E-state index in [2.05, 4.69) is 5.32 Å². The molecule has 0 spiro atoms. The molecule has 6 N–H and O–H groups in total. The fourth-order valence-corrected chi connectivity index (χ4v) is 1.62. The Morgan fingerprint density at radius 3 is 2.33 bits per heavy atom. The number of anilines is 2. The third-order valence-electron chi connectivity index (χ3n) is 2.76. The van der Waals surface area contributed by atoms with Gasteiger partial charge in [-0.25, -0.2) is 0 Å². The molecule has 0 aliphatic carbocycles. The van der Waals surface area contributed by atoms with Crippen LogP contribution in [0.1, 0.15) is 30.6 Å². The van der Waals surface area contributed by atoms with Crippen LogP contribution in [0.5, 0.6) is 0 Å². The van der Waals surface area contributed by atoms with Crippen molar-refractivity contribution in [1.82, 2.24) is 5.32 Å². The lowest BCUT2D eigenvalue weighted by atomic mass is 9.89. The Labute approximate surface area is 107 Å². The van der Waals surface area contributed by atoms with E-state index in [1.165, 1.54) is 0 Å². The van der Waals surface area contributed by atoms with Crippen molar-refractivity contribution in [3.8, 4) is 0 Å². The molecule has 0 saturated heterocycles. The van der Waals surface area contributed by atoms with Gasteiger partial charge in [0.2, 0.25) is 0 Å². The van der Waals surface area contributed by atoms with Gasteiger partial charge in [-0.3, -0.25) is 4.79 Å². The SMILES string of the molecule is CC(C)(CCO)CNC(=O)c1cc(N)cc(N)c1. The Hall–Kier alpha value is -1.75. The first-order valence-corrected chi connectivity index (χ1v) is 5.89. The second-order valence-electron chi connectivity index (χ2n) is 5.21. The van der Waals surface area contributed by atoms with Gasteiger partial charge in [-0.2, -0.15) is 0 Å². The highest BCUT2D eigenvalue weighted by molar-refractivity contribution is 5.96. The Morgan fingerprint density at radius 1 is 1.28 bits per heavy atom. The zero-order chi connectivity index (χ0) is 13.8. The molecule has 0 aliphatic heterocycles. The number of nitrogen functional groups attached to an aromatic ring is 2. The Morgan fingerprint density at radius 2 is 1.83 bits per heavy atom. The second kappa shape index (κ2) is 5.73. The van der Waals surface area contributed by atoms with Gasteiger partial charge in [-0.15, -0.1) is 0 Å². The van der Waals surface area contributed by atoms with Crippen LogP contribution in [0.2, 0.25) is 0 Å². The van der Waals surface area contributed by atoms with Gasteiger partial charge in [0.15, 0.2) is 0 Å². The number of carbonyl (C=O) groups is 1. The minimum absolute atomic E-state index is 0.105. The van der Waals surface area contributed by atoms with E-state index in [1.54, 1.807) is 18.2 Å². The van der Waals surface area contributed by atoms with Gasteiger partial charge < -0.3 is 21.9 Å². The summed E-state index contributed by atoms with van der Waals surface area (Å²) in [5.74, 6) is -0.208. The summed E-state index contributed by atoms with van der Waals surface area (Å²) in [5, 5.41) is 11.7. The number of nitrogens with two attached hydrogens (primary N) is 2. The summed E-state index contributed by atoms with van der Waals surface area (Å²) in [6.45, 7) is 4.56. The average Bonchev–Trinajstić information content (AvgIpc) is 2.24. The van der Waals surface area contributed by atoms with E-state index in [1.807, 2.05) is 13.8 Å². The largest absolute Gasteiger partial charge is 0.399 e. The number of rotatable bonds is 5. The lowest BCUT2D eigenvalue weighted by Crippen LogP contribution is -2.34. The number of nitrogens with one attached hydrogen (secondary N) is 1. The maximum Gasteiger partial charge on any atom is 0.251 e. The van der Waals surface area contributed by atoms with Gasteiger partial charge in [-0.1, -0.05) is 13.8 Å². The minimum atomic E-state index is -0.208. The van der Waals surface area contributed by atoms with Crippen molar-refractivity contribution in [2.75, 3.05) is 24.6 Å². The lowest BCUT2D eigenvalue weighted by Gasteiger charge is -2.23. The third-order valence-corrected chi connectivity index (χ3v) is 2.76. The highest BCUT2D eigenvalue weighted by Crippen LogP contribution is 2.19. The first-order valence-electron chi connectivity index (χ1n) is 5.89. The topological polar surface area (TPSA) is 101 Å². The maximum atomic E-state index is 11.9. The fourth-order valence-electron chi connectivity index (χ4n) is 1.62. The zero-order valence-electron chi connectivity index (χ0n) is 10.9. The summed E-state index contributed by atoms with van der Waals surface area (Å²) in [5.41, 5.74) is 12.5. The first-order chi connectivity index (χ1) is 8.34. The Kier molecular flexibility index (Phi) is 4.55. The van der Waals surface area contributed by atoms with Crippen molar-refractivity contribution in [2.45, 2.75) is 20.3 Å². The molecule has 0 fully saturated rings. The van der Waals surface area contributed by atoms with Crippen molar-refractivity contribution in [3.05, 3.63) is 23.8 Å². The van der Waals surface area contributed by atoms with Gasteiger partial charge >= 0.3 is 0 Å². The standard InChI is InChI=1S/C13H21N3O2/c1-13(2,3-4-17)8-16-12(18)9-5-10(14)7-11(15)6-9/h5-7,17H,3-4,8,14-15H2,1-2H3,(H,16,18). The normalized spacial score (nSPS) is 11.3. The molecule has 1 aromatic rings. The van der Waals surface area contributed by atoms with Gasteiger partial charge in [0.25, 0.3) is 5.91 Å². The van der Waals surface area contributed by atoms with Crippen LogP contribution >= 0.6 is 0 Å². The predicted molar refractivity (Wildman–Crippen MR) is 73.1 cm³/mol. The van der Waals surface area contributed by atoms with E-state index < -0.39 is 0 Å². The number of hydrogen-bond acceptors (Lipinski definition) is 4. The zero-order valence-corrected chi connectivity index (χ0v) is 10.9. The molecule has 1 rings (SSSR count). The Balaban J connectivity index is 2.66. The number of benzene rings is 1. The molecule has 18 heavy (non-hydrogen) atoms. The number of aliphatic hydroxyl groups excluding tert-OH is 1. The van der Waals surface area contributed by atoms with Crippen LogP contribution in [0.4, 0.5) is 11.4 Å². The third kappa shape index (κ3) is 4.25. The summed E-state index contributed by atoms with van der Waals surface area (Å²) in [6.07, 6.45) is 0.631. The van der Waals surface area contributed by atoms with Crippen LogP contribution in [0, 0.1) is 5.41 Å². The predicted octanol–water partition coefficient (Wildman–Crippen LogP) is 0.989. The molecule has 5 nitrogen and oxygen atoms in total. The monoisotopic (exact) mass is 251 g/mol. The van der Waals surface area contributed by atoms with Crippen molar-refractivity contribution in [2.24, 2.45) is 5.41 Å². The minimum Gasteiger partial charge on any atom is -0.399 e. The average molecular weight is 251 g/mol. The van der Waals surface area contributed by atoms with E-state index in [4.69, 9.17) is 16.6 Å². The number of hydrogen-bond donors (Lipinski definition) is 4. The van der Waals surface area contributed by atoms with E-state index in [9.17, 15) is 4.79 Å². The van der Waals surface area contributed by atoms with Crippen molar-refractivity contribution < 1.29 is 9.90 Å². The van der Waals surface area contributed by atoms with Crippen molar-refractivity contribution >= 4 is 17.3 Å². The van der Waals surface area contributed by atoms with E-state index in [-0.39, 0.29) is 17.9 Å². The van der Waals surface area contributed by atoms with Crippen LogP contribution in [0.3, 0.4) is 0 Å². The van der Waals surface area contributed by atoms with Gasteiger partial charge in [0.05, 0.1) is 0 Å². The molecular weight excluding hydrogens is 230 g/mol. The van der Waals surface area contributed by atoms with Gasteiger partial charge in [-0.05, 0) is 30.0 Å². The first kappa shape index (κ1) is 14.3. The molecule has 0 heterocycles. The number of carbonyl (C=O) groups excluding carboxylic acids is 1. The fraction of sp³-hybridized carbons (Fsp3) is 0.462. The van der Waals surface area contributed by atoms with Crippen LogP contribution in [0.25, 0.3) is 0 Å². The summed E-state index contributed by atoms with van der Waals surface area (Å²) in [7, 11) is 0. The molecule has 0 radical (unpaired) electrons. The number of aliphatic hydroxyl groups is 1. The van der Waals surface area contributed by atoms with E-state index in [0.29, 0.717) is 29.9 Å². The molecule has 5 heteroatoms. The highest BCUT2D eigenvalue weighted by atomic mass is 16.3.